The Bertz CT molecular complexity index is 325. The zero-order valence-electron chi connectivity index (χ0n) is 20.6. The van der Waals surface area contributed by atoms with Gasteiger partial charge in [-0.1, -0.05) is 134 Å². The first-order valence-electron chi connectivity index (χ1n) is 13.7. The predicted octanol–water partition coefficient (Wildman–Crippen LogP) is 11.1. The highest BCUT2D eigenvalue weighted by atomic mass is 14.0. The van der Waals surface area contributed by atoms with E-state index in [1.54, 1.807) is 0 Å². The Labute approximate surface area is 186 Å². The highest BCUT2D eigenvalue weighted by molar-refractivity contribution is 4.81. The van der Waals surface area contributed by atoms with Gasteiger partial charge in [0.1, 0.15) is 0 Å². The van der Waals surface area contributed by atoms with Crippen molar-refractivity contribution in [2.45, 2.75) is 162 Å². The average Bonchev–Trinajstić information content (AvgIpc) is 2.74. The van der Waals surface area contributed by atoms with Crippen LogP contribution in [0.4, 0.5) is 0 Å². The van der Waals surface area contributed by atoms with Crippen LogP contribution in [0.1, 0.15) is 162 Å². The zero-order chi connectivity index (χ0) is 21.1. The van der Waals surface area contributed by atoms with Crippen LogP contribution in [-0.4, -0.2) is 0 Å². The third kappa shape index (κ3) is 27.5. The highest BCUT2D eigenvalue weighted by Gasteiger charge is 1.93. The van der Waals surface area contributed by atoms with Crippen molar-refractivity contribution in [3.63, 3.8) is 0 Å². The Morgan fingerprint density at radius 1 is 0.276 bits per heavy atom. The van der Waals surface area contributed by atoms with E-state index in [4.69, 9.17) is 0 Å². The van der Waals surface area contributed by atoms with Crippen LogP contribution in [0.5, 0.6) is 0 Å². The molecule has 0 spiro atoms. The fourth-order valence-electron chi connectivity index (χ4n) is 3.96. The van der Waals surface area contributed by atoms with E-state index in [0.29, 0.717) is 0 Å². The summed E-state index contributed by atoms with van der Waals surface area (Å²) in [6.07, 6.45) is 41.9. The largest absolute Gasteiger partial charge is 0.0885 e. The second-order valence-corrected chi connectivity index (χ2v) is 9.11. The van der Waals surface area contributed by atoms with Gasteiger partial charge in [0.05, 0.1) is 0 Å². The van der Waals surface area contributed by atoms with Crippen molar-refractivity contribution in [3.05, 3.63) is 24.3 Å². The molecular formula is C29H56. The quantitative estimate of drug-likeness (QED) is 0.111. The minimum Gasteiger partial charge on any atom is -0.0885 e. The number of hydrogen-bond acceptors (Lipinski definition) is 0. The van der Waals surface area contributed by atoms with Crippen molar-refractivity contribution in [1.29, 1.82) is 0 Å². The Kier molecular flexibility index (Phi) is 27.0. The van der Waals surface area contributed by atoms with Crippen LogP contribution >= 0.6 is 0 Å². The van der Waals surface area contributed by atoms with Gasteiger partial charge >= 0.3 is 0 Å². The van der Waals surface area contributed by atoms with E-state index in [-0.39, 0.29) is 0 Å². The molecule has 0 unspecified atom stereocenters. The molecule has 0 aromatic heterocycles. The van der Waals surface area contributed by atoms with E-state index in [0.717, 1.165) is 0 Å². The van der Waals surface area contributed by atoms with Crippen molar-refractivity contribution in [2.24, 2.45) is 0 Å². The van der Waals surface area contributed by atoms with E-state index in [1.807, 2.05) is 0 Å². The fourth-order valence-corrected chi connectivity index (χ4v) is 3.96. The van der Waals surface area contributed by atoms with E-state index in [9.17, 15) is 0 Å². The molecular weight excluding hydrogens is 348 g/mol. The van der Waals surface area contributed by atoms with Gasteiger partial charge in [0.25, 0.3) is 0 Å². The lowest BCUT2D eigenvalue weighted by molar-refractivity contribution is 0.553. The number of unbranched alkanes of at least 4 members (excludes halogenated alkanes) is 20. The zero-order valence-corrected chi connectivity index (χ0v) is 20.6. The molecule has 0 saturated heterocycles. The van der Waals surface area contributed by atoms with E-state index in [2.05, 4.69) is 38.2 Å². The molecule has 0 aromatic carbocycles. The molecule has 0 radical (unpaired) electrons. The summed E-state index contributed by atoms with van der Waals surface area (Å²) in [5.74, 6) is 0. The topological polar surface area (TPSA) is 0 Å². The van der Waals surface area contributed by atoms with Crippen LogP contribution in [0.2, 0.25) is 0 Å². The first-order chi connectivity index (χ1) is 14.4. The van der Waals surface area contributed by atoms with E-state index >= 15 is 0 Å². The van der Waals surface area contributed by atoms with E-state index < -0.39 is 0 Å². The van der Waals surface area contributed by atoms with Gasteiger partial charge in [-0.25, -0.2) is 0 Å². The number of hydrogen-bond donors (Lipinski definition) is 0. The smallest absolute Gasteiger partial charge is 0.0351 e. The Morgan fingerprint density at radius 2 is 0.483 bits per heavy atom. The minimum atomic E-state index is 1.29. The highest BCUT2D eigenvalue weighted by Crippen LogP contribution is 2.13. The molecule has 0 rings (SSSR count). The van der Waals surface area contributed by atoms with Crippen LogP contribution in [0.3, 0.4) is 0 Å². The third-order valence-electron chi connectivity index (χ3n) is 6.02. The van der Waals surface area contributed by atoms with Crippen LogP contribution in [0.25, 0.3) is 0 Å². The fraction of sp³-hybridized carbons (Fsp3) is 0.862. The summed E-state index contributed by atoms with van der Waals surface area (Å²) in [7, 11) is 0. The summed E-state index contributed by atoms with van der Waals surface area (Å²) in [5.41, 5.74) is 0. The summed E-state index contributed by atoms with van der Waals surface area (Å²) in [6.45, 7) is 4.57. The lowest BCUT2D eigenvalue weighted by Gasteiger charge is -2.02. The summed E-state index contributed by atoms with van der Waals surface area (Å²) < 4.78 is 0. The van der Waals surface area contributed by atoms with Crippen molar-refractivity contribution in [2.75, 3.05) is 0 Å². The molecule has 0 aromatic rings. The van der Waals surface area contributed by atoms with Crippen LogP contribution < -0.4 is 0 Å². The van der Waals surface area contributed by atoms with Crippen molar-refractivity contribution < 1.29 is 0 Å². The SMILES string of the molecule is CCCCCC=CCCCCCCCCCCCCC=CCCCCCCCC. The molecule has 0 heterocycles. The number of rotatable bonds is 24. The van der Waals surface area contributed by atoms with Gasteiger partial charge in [0.2, 0.25) is 0 Å². The van der Waals surface area contributed by atoms with Gasteiger partial charge in [-0.3, -0.25) is 0 Å². The van der Waals surface area contributed by atoms with Crippen molar-refractivity contribution >= 4 is 0 Å². The third-order valence-corrected chi connectivity index (χ3v) is 6.02. The van der Waals surface area contributed by atoms with E-state index in [1.165, 1.54) is 148 Å². The lowest BCUT2D eigenvalue weighted by atomic mass is 10.0. The van der Waals surface area contributed by atoms with Gasteiger partial charge in [0.15, 0.2) is 0 Å². The first kappa shape index (κ1) is 28.5. The second kappa shape index (κ2) is 27.5. The molecule has 0 heteroatoms. The molecule has 0 aliphatic heterocycles. The molecule has 0 aliphatic rings. The molecule has 0 bridgehead atoms. The lowest BCUT2D eigenvalue weighted by Crippen LogP contribution is -1.82. The van der Waals surface area contributed by atoms with Gasteiger partial charge in [-0.2, -0.15) is 0 Å². The van der Waals surface area contributed by atoms with Crippen LogP contribution in [-0.2, 0) is 0 Å². The Balaban J connectivity index is 3.09. The van der Waals surface area contributed by atoms with Gasteiger partial charge in [0, 0.05) is 0 Å². The first-order valence-corrected chi connectivity index (χ1v) is 13.7. The molecule has 0 saturated carbocycles. The normalized spacial score (nSPS) is 11.9. The Morgan fingerprint density at radius 3 is 0.793 bits per heavy atom. The molecule has 0 N–H and O–H groups in total. The van der Waals surface area contributed by atoms with Crippen molar-refractivity contribution in [3.8, 4) is 0 Å². The number of allylic oxidation sites excluding steroid dienone is 4. The van der Waals surface area contributed by atoms with Gasteiger partial charge in [-0.05, 0) is 51.4 Å². The summed E-state index contributed by atoms with van der Waals surface area (Å²) in [6, 6.07) is 0. The monoisotopic (exact) mass is 404 g/mol. The molecule has 0 amide bonds. The maximum absolute atomic E-state index is 2.44. The Hall–Kier alpha value is -0.520. The minimum absolute atomic E-state index is 1.29. The summed E-state index contributed by atoms with van der Waals surface area (Å²) >= 11 is 0. The predicted molar refractivity (Wildman–Crippen MR) is 136 cm³/mol. The van der Waals surface area contributed by atoms with Gasteiger partial charge in [-0.15, -0.1) is 0 Å². The molecule has 29 heavy (non-hydrogen) atoms. The molecule has 0 nitrogen and oxygen atoms in total. The molecule has 0 atom stereocenters. The van der Waals surface area contributed by atoms with Crippen LogP contribution in [0, 0.1) is 0 Å². The van der Waals surface area contributed by atoms with Crippen LogP contribution in [0.15, 0.2) is 24.3 Å². The average molecular weight is 405 g/mol. The second-order valence-electron chi connectivity index (χ2n) is 9.11. The summed E-state index contributed by atoms with van der Waals surface area (Å²) in [5, 5.41) is 0. The molecule has 0 fully saturated rings. The maximum Gasteiger partial charge on any atom is -0.0351 e. The standard InChI is InChI=1S/C29H56/c1-3-5-7-9-11-13-15-17-19-21-23-25-27-29-28-26-24-22-20-18-16-14-12-10-8-6-4-2/h11,13,18,20H,3-10,12,14-17,19,21-29H2,1-2H3. The summed E-state index contributed by atoms with van der Waals surface area (Å²) in [4.78, 5) is 0. The molecule has 0 aliphatic carbocycles. The molecule has 172 valence electrons. The van der Waals surface area contributed by atoms with Crippen molar-refractivity contribution in [1.82, 2.24) is 0 Å². The maximum atomic E-state index is 2.44. The van der Waals surface area contributed by atoms with Gasteiger partial charge < -0.3 is 0 Å².